The molecule has 0 aliphatic carbocycles. The summed E-state index contributed by atoms with van der Waals surface area (Å²) in [6.45, 7) is 1.25. The summed E-state index contributed by atoms with van der Waals surface area (Å²) in [4.78, 5) is 23.0. The average molecular weight is 259 g/mol. The van der Waals surface area contributed by atoms with Crippen LogP contribution in [0.2, 0.25) is 0 Å². The lowest BCUT2D eigenvalue weighted by Crippen LogP contribution is -2.42. The molecule has 0 saturated carbocycles. The Hall–Kier alpha value is -1.18. The van der Waals surface area contributed by atoms with Gasteiger partial charge < -0.3 is 25.8 Å². The van der Waals surface area contributed by atoms with E-state index in [0.717, 1.165) is 6.42 Å². The molecule has 1 rings (SSSR count). The Bertz CT molecular complexity index is 285. The van der Waals surface area contributed by atoms with E-state index in [1.54, 1.807) is 7.11 Å². The molecule has 0 radical (unpaired) electrons. The van der Waals surface area contributed by atoms with Crippen molar-refractivity contribution >= 4 is 11.8 Å². The lowest BCUT2D eigenvalue weighted by Gasteiger charge is -2.12. The molecule has 0 aromatic carbocycles. The quantitative estimate of drug-likeness (QED) is 0.476. The molecule has 2 atom stereocenters. The Labute approximate surface area is 106 Å². The molecule has 1 saturated heterocycles. The summed E-state index contributed by atoms with van der Waals surface area (Å²) in [6.07, 6.45) is 0.912. The minimum Gasteiger partial charge on any atom is -0.383 e. The van der Waals surface area contributed by atoms with E-state index in [-0.39, 0.29) is 24.5 Å². The summed E-state index contributed by atoms with van der Waals surface area (Å²) in [5.41, 5.74) is 5.45. The fraction of sp³-hybridized carbons (Fsp3) is 0.818. The van der Waals surface area contributed by atoms with Gasteiger partial charge in [0.25, 0.3) is 0 Å². The number of rotatable bonds is 7. The van der Waals surface area contributed by atoms with Crippen LogP contribution < -0.4 is 16.4 Å². The highest BCUT2D eigenvalue weighted by Gasteiger charge is 2.29. The molecular weight excluding hydrogens is 238 g/mol. The van der Waals surface area contributed by atoms with Crippen molar-refractivity contribution in [3.05, 3.63) is 0 Å². The van der Waals surface area contributed by atoms with E-state index < -0.39 is 6.10 Å². The lowest BCUT2D eigenvalue weighted by molar-refractivity contribution is -0.133. The number of hydrogen-bond acceptors (Lipinski definition) is 5. The van der Waals surface area contributed by atoms with Gasteiger partial charge in [0.15, 0.2) is 0 Å². The van der Waals surface area contributed by atoms with Crippen molar-refractivity contribution in [2.75, 3.05) is 33.4 Å². The molecule has 104 valence electrons. The van der Waals surface area contributed by atoms with Gasteiger partial charge in [-0.3, -0.25) is 9.59 Å². The maximum atomic E-state index is 11.7. The van der Waals surface area contributed by atoms with Crippen LogP contribution in [0.3, 0.4) is 0 Å². The van der Waals surface area contributed by atoms with E-state index in [2.05, 4.69) is 10.6 Å². The largest absolute Gasteiger partial charge is 0.383 e. The monoisotopic (exact) mass is 259 g/mol. The lowest BCUT2D eigenvalue weighted by atomic mass is 10.2. The van der Waals surface area contributed by atoms with Gasteiger partial charge in [0.2, 0.25) is 11.8 Å². The van der Waals surface area contributed by atoms with E-state index in [9.17, 15) is 9.59 Å². The van der Waals surface area contributed by atoms with Gasteiger partial charge in [-0.1, -0.05) is 0 Å². The van der Waals surface area contributed by atoms with Crippen LogP contribution in [0.4, 0.5) is 0 Å². The number of hydrogen-bond donors (Lipinski definition) is 3. The van der Waals surface area contributed by atoms with Crippen molar-refractivity contribution in [3.63, 3.8) is 0 Å². The summed E-state index contributed by atoms with van der Waals surface area (Å²) in [5, 5.41) is 5.15. The molecule has 7 heteroatoms. The molecule has 4 N–H and O–H groups in total. The average Bonchev–Trinajstić information content (AvgIpc) is 2.85. The highest BCUT2D eigenvalue weighted by Crippen LogP contribution is 2.18. The standard InChI is InChI=1S/C11H21N3O4/c1-17-5-4-13-10(15)7-14-11(16)9-3-2-8(6-12)18-9/h8-9H,2-7,12H2,1H3,(H,13,15)(H,14,16). The molecule has 1 aliphatic rings. The first kappa shape index (κ1) is 14.9. The molecule has 2 amide bonds. The zero-order chi connectivity index (χ0) is 13.4. The van der Waals surface area contributed by atoms with E-state index >= 15 is 0 Å². The van der Waals surface area contributed by atoms with Crippen molar-refractivity contribution in [1.82, 2.24) is 10.6 Å². The number of ether oxygens (including phenoxy) is 2. The van der Waals surface area contributed by atoms with Crippen molar-refractivity contribution in [2.45, 2.75) is 25.0 Å². The topological polar surface area (TPSA) is 103 Å². The zero-order valence-corrected chi connectivity index (χ0v) is 10.6. The van der Waals surface area contributed by atoms with Crippen molar-refractivity contribution in [3.8, 4) is 0 Å². The summed E-state index contributed by atoms with van der Waals surface area (Å²) in [5.74, 6) is -0.499. The van der Waals surface area contributed by atoms with Crippen LogP contribution in [0.25, 0.3) is 0 Å². The Balaban J connectivity index is 2.15. The third-order valence-corrected chi connectivity index (χ3v) is 2.71. The summed E-state index contributed by atoms with van der Waals surface area (Å²) >= 11 is 0. The van der Waals surface area contributed by atoms with Crippen LogP contribution >= 0.6 is 0 Å². The minimum atomic E-state index is -0.481. The van der Waals surface area contributed by atoms with Crippen LogP contribution in [0.1, 0.15) is 12.8 Å². The van der Waals surface area contributed by atoms with Gasteiger partial charge in [0.05, 0.1) is 19.3 Å². The Morgan fingerprint density at radius 3 is 2.78 bits per heavy atom. The van der Waals surface area contributed by atoms with Crippen LogP contribution in [-0.2, 0) is 19.1 Å². The minimum absolute atomic E-state index is 0.0451. The first-order valence-corrected chi connectivity index (χ1v) is 6.06. The van der Waals surface area contributed by atoms with Gasteiger partial charge in [-0.2, -0.15) is 0 Å². The highest BCUT2D eigenvalue weighted by atomic mass is 16.5. The van der Waals surface area contributed by atoms with Gasteiger partial charge in [-0.25, -0.2) is 0 Å². The number of carbonyl (C=O) groups is 2. The predicted octanol–water partition coefficient (Wildman–Crippen LogP) is -1.63. The van der Waals surface area contributed by atoms with Crippen molar-refractivity contribution < 1.29 is 19.1 Å². The molecule has 7 nitrogen and oxygen atoms in total. The molecule has 0 bridgehead atoms. The highest BCUT2D eigenvalue weighted by molar-refractivity contribution is 5.87. The summed E-state index contributed by atoms with van der Waals surface area (Å²) < 4.78 is 10.2. The van der Waals surface area contributed by atoms with Gasteiger partial charge in [0, 0.05) is 20.2 Å². The van der Waals surface area contributed by atoms with E-state index in [1.807, 2.05) is 0 Å². The van der Waals surface area contributed by atoms with E-state index in [4.69, 9.17) is 15.2 Å². The molecule has 0 spiro atoms. The Morgan fingerprint density at radius 1 is 1.39 bits per heavy atom. The number of carbonyl (C=O) groups excluding carboxylic acids is 2. The first-order chi connectivity index (χ1) is 8.67. The SMILES string of the molecule is COCCNC(=O)CNC(=O)C1CCC(CN)O1. The maximum absolute atomic E-state index is 11.7. The molecule has 0 aromatic rings. The van der Waals surface area contributed by atoms with Gasteiger partial charge >= 0.3 is 0 Å². The molecule has 18 heavy (non-hydrogen) atoms. The normalized spacial score (nSPS) is 22.8. The van der Waals surface area contributed by atoms with E-state index in [0.29, 0.717) is 26.1 Å². The third-order valence-electron chi connectivity index (χ3n) is 2.71. The molecule has 0 aromatic heterocycles. The molecule has 1 aliphatic heterocycles. The van der Waals surface area contributed by atoms with Gasteiger partial charge in [0.1, 0.15) is 6.10 Å². The molecule has 2 unspecified atom stereocenters. The van der Waals surface area contributed by atoms with E-state index in [1.165, 1.54) is 0 Å². The van der Waals surface area contributed by atoms with Crippen LogP contribution in [0.5, 0.6) is 0 Å². The molecule has 1 fully saturated rings. The smallest absolute Gasteiger partial charge is 0.249 e. The third kappa shape index (κ3) is 4.99. The zero-order valence-electron chi connectivity index (χ0n) is 10.6. The second-order valence-corrected chi connectivity index (χ2v) is 4.12. The van der Waals surface area contributed by atoms with Crippen molar-refractivity contribution in [1.29, 1.82) is 0 Å². The molecular formula is C11H21N3O4. The Morgan fingerprint density at radius 2 is 2.17 bits per heavy atom. The van der Waals surface area contributed by atoms with Crippen LogP contribution in [0, 0.1) is 0 Å². The van der Waals surface area contributed by atoms with Crippen LogP contribution in [-0.4, -0.2) is 57.4 Å². The number of amides is 2. The predicted molar refractivity (Wildman–Crippen MR) is 64.8 cm³/mol. The summed E-state index contributed by atoms with van der Waals surface area (Å²) in [6, 6.07) is 0. The van der Waals surface area contributed by atoms with Gasteiger partial charge in [-0.15, -0.1) is 0 Å². The van der Waals surface area contributed by atoms with Crippen molar-refractivity contribution in [2.24, 2.45) is 5.73 Å². The fourth-order valence-electron chi connectivity index (χ4n) is 1.71. The number of methoxy groups -OCH3 is 1. The summed E-state index contributed by atoms with van der Waals surface area (Å²) in [7, 11) is 1.55. The van der Waals surface area contributed by atoms with Gasteiger partial charge in [-0.05, 0) is 12.8 Å². The van der Waals surface area contributed by atoms with Crippen LogP contribution in [0.15, 0.2) is 0 Å². The Kier molecular flexibility index (Phi) is 6.63. The number of nitrogens with one attached hydrogen (secondary N) is 2. The number of nitrogens with two attached hydrogens (primary N) is 1. The second-order valence-electron chi connectivity index (χ2n) is 4.12. The fourth-order valence-corrected chi connectivity index (χ4v) is 1.71. The first-order valence-electron chi connectivity index (χ1n) is 6.06. The second kappa shape index (κ2) is 8.02. The maximum Gasteiger partial charge on any atom is 0.249 e. The molecule has 1 heterocycles.